The minimum Gasteiger partial charge on any atom is -0.399 e. The quantitative estimate of drug-likeness (QED) is 0.670. The minimum absolute atomic E-state index is 0.370. The molecule has 22 heavy (non-hydrogen) atoms. The zero-order valence-corrected chi connectivity index (χ0v) is 13.6. The first-order chi connectivity index (χ1) is 10.7. The van der Waals surface area contributed by atoms with Crippen LogP contribution in [0.4, 0.5) is 11.4 Å². The predicted molar refractivity (Wildman–Crippen MR) is 95.9 cm³/mol. The van der Waals surface area contributed by atoms with E-state index in [1.54, 1.807) is 0 Å². The molecule has 3 rings (SSSR count). The predicted octanol–water partition coefficient (Wildman–Crippen LogP) is 3.55. The third kappa shape index (κ3) is 3.79. The third-order valence-electron chi connectivity index (χ3n) is 4.06. The summed E-state index contributed by atoms with van der Waals surface area (Å²) in [5, 5.41) is 2.42. The van der Waals surface area contributed by atoms with Crippen LogP contribution < -0.4 is 22.1 Å². The molecule has 0 aliphatic heterocycles. The Morgan fingerprint density at radius 2 is 1.18 bits per heavy atom. The lowest BCUT2D eigenvalue weighted by Crippen LogP contribution is -2.21. The molecule has 0 heterocycles. The van der Waals surface area contributed by atoms with E-state index in [9.17, 15) is 0 Å². The van der Waals surface area contributed by atoms with E-state index in [4.69, 9.17) is 16.0 Å². The van der Waals surface area contributed by atoms with Crippen molar-refractivity contribution in [2.24, 2.45) is 0 Å². The summed E-state index contributed by atoms with van der Waals surface area (Å²) in [4.78, 5) is 0. The van der Waals surface area contributed by atoms with Gasteiger partial charge in [0.05, 0.1) is 14.3 Å². The summed E-state index contributed by atoms with van der Waals surface area (Å²) in [7, 11) is -0.810. The van der Waals surface area contributed by atoms with Crippen molar-refractivity contribution in [3.63, 3.8) is 0 Å². The normalized spacial score (nSPS) is 16.0. The van der Waals surface area contributed by atoms with Gasteiger partial charge in [-0.2, -0.15) is 0 Å². The number of rotatable bonds is 4. The second kappa shape index (κ2) is 7.13. The highest BCUT2D eigenvalue weighted by Crippen LogP contribution is 2.40. The Labute approximate surface area is 133 Å². The van der Waals surface area contributed by atoms with Crippen molar-refractivity contribution in [1.82, 2.24) is 0 Å². The van der Waals surface area contributed by atoms with E-state index in [0.717, 1.165) is 11.4 Å². The molecule has 0 amide bonds. The molecule has 1 fully saturated rings. The Morgan fingerprint density at radius 3 is 1.64 bits per heavy atom. The van der Waals surface area contributed by atoms with Crippen molar-refractivity contribution in [2.45, 2.75) is 38.2 Å². The number of anilines is 2. The van der Waals surface area contributed by atoms with Crippen molar-refractivity contribution < 1.29 is 4.52 Å². The highest BCUT2D eigenvalue weighted by molar-refractivity contribution is 7.68. The maximum absolute atomic E-state index is 6.53. The van der Waals surface area contributed by atoms with Crippen molar-refractivity contribution in [3.05, 3.63) is 48.5 Å². The fraction of sp³-hybridized carbons (Fsp3) is 0.333. The molecule has 1 aliphatic carbocycles. The molecule has 4 N–H and O–H groups in total. The summed E-state index contributed by atoms with van der Waals surface area (Å²) >= 11 is 0. The molecule has 2 aromatic rings. The standard InChI is InChI=1S/C18H23N2OP/c19-14-6-10-17(11-7-14)22(18-12-8-15(20)9-13-18)21-16-4-2-1-3-5-16/h6-13,16H,1-5,19-20H2. The Kier molecular flexibility index (Phi) is 4.97. The van der Waals surface area contributed by atoms with Crippen LogP contribution >= 0.6 is 8.15 Å². The van der Waals surface area contributed by atoms with Gasteiger partial charge in [0.15, 0.2) is 0 Å². The van der Waals surface area contributed by atoms with Gasteiger partial charge in [-0.3, -0.25) is 0 Å². The molecular weight excluding hydrogens is 291 g/mol. The minimum atomic E-state index is -0.810. The SMILES string of the molecule is Nc1ccc(P(OC2CCCCC2)c2ccc(N)cc2)cc1. The second-order valence-corrected chi connectivity index (χ2v) is 7.68. The smallest absolute Gasteiger partial charge is 0.0921 e. The molecule has 116 valence electrons. The third-order valence-corrected chi connectivity index (χ3v) is 6.11. The van der Waals surface area contributed by atoms with Crippen LogP contribution in [0.1, 0.15) is 32.1 Å². The molecule has 0 unspecified atom stereocenters. The van der Waals surface area contributed by atoms with Gasteiger partial charge in [0, 0.05) is 22.0 Å². The lowest BCUT2D eigenvalue weighted by molar-refractivity contribution is 0.177. The van der Waals surface area contributed by atoms with E-state index in [2.05, 4.69) is 24.3 Å². The molecule has 3 nitrogen and oxygen atoms in total. The topological polar surface area (TPSA) is 61.3 Å². The molecule has 0 atom stereocenters. The lowest BCUT2D eigenvalue weighted by atomic mass is 9.98. The molecule has 0 saturated heterocycles. The molecule has 0 radical (unpaired) electrons. The first-order valence-corrected chi connectivity index (χ1v) is 9.16. The van der Waals surface area contributed by atoms with Gasteiger partial charge in [0.1, 0.15) is 0 Å². The summed E-state index contributed by atoms with van der Waals surface area (Å²) in [6, 6.07) is 16.1. The van der Waals surface area contributed by atoms with Crippen molar-refractivity contribution in [1.29, 1.82) is 0 Å². The molecule has 2 aromatic carbocycles. The van der Waals surface area contributed by atoms with E-state index < -0.39 is 8.15 Å². The van der Waals surface area contributed by atoms with Crippen LogP contribution in [0.25, 0.3) is 0 Å². The largest absolute Gasteiger partial charge is 0.399 e. The number of benzene rings is 2. The van der Waals surface area contributed by atoms with E-state index in [-0.39, 0.29) is 0 Å². The summed E-state index contributed by atoms with van der Waals surface area (Å²) in [6.07, 6.45) is 6.59. The monoisotopic (exact) mass is 314 g/mol. The van der Waals surface area contributed by atoms with Gasteiger partial charge in [-0.15, -0.1) is 0 Å². The number of hydrogen-bond acceptors (Lipinski definition) is 3. The molecule has 1 aliphatic rings. The number of nitrogen functional groups attached to an aromatic ring is 2. The second-order valence-electron chi connectivity index (χ2n) is 5.84. The maximum atomic E-state index is 6.53. The Balaban J connectivity index is 1.86. The van der Waals surface area contributed by atoms with E-state index >= 15 is 0 Å². The Bertz CT molecular complexity index is 546. The van der Waals surface area contributed by atoms with Gasteiger partial charge in [-0.05, 0) is 61.4 Å². The van der Waals surface area contributed by atoms with Crippen molar-refractivity contribution in [2.75, 3.05) is 11.5 Å². The Hall–Kier alpha value is -1.57. The Morgan fingerprint density at radius 1 is 0.727 bits per heavy atom. The molecule has 4 heteroatoms. The molecular formula is C18H23N2OP. The average molecular weight is 314 g/mol. The van der Waals surface area contributed by atoms with E-state index in [0.29, 0.717) is 6.10 Å². The van der Waals surface area contributed by atoms with Crippen LogP contribution in [-0.4, -0.2) is 6.10 Å². The van der Waals surface area contributed by atoms with Crippen LogP contribution in [-0.2, 0) is 4.52 Å². The highest BCUT2D eigenvalue weighted by Gasteiger charge is 2.22. The lowest BCUT2D eigenvalue weighted by Gasteiger charge is -2.28. The van der Waals surface area contributed by atoms with Gasteiger partial charge in [-0.25, -0.2) is 0 Å². The zero-order valence-electron chi connectivity index (χ0n) is 12.7. The fourth-order valence-corrected chi connectivity index (χ4v) is 4.70. The van der Waals surface area contributed by atoms with Crippen LogP contribution in [0, 0.1) is 0 Å². The maximum Gasteiger partial charge on any atom is 0.0921 e. The first kappa shape index (κ1) is 15.3. The van der Waals surface area contributed by atoms with Gasteiger partial charge < -0.3 is 16.0 Å². The van der Waals surface area contributed by atoms with Crippen LogP contribution in [0.5, 0.6) is 0 Å². The molecule has 0 spiro atoms. The van der Waals surface area contributed by atoms with Gasteiger partial charge >= 0.3 is 0 Å². The first-order valence-electron chi connectivity index (χ1n) is 7.90. The summed E-state index contributed by atoms with van der Waals surface area (Å²) in [5.41, 5.74) is 13.2. The van der Waals surface area contributed by atoms with Crippen LogP contribution in [0.2, 0.25) is 0 Å². The zero-order chi connectivity index (χ0) is 15.4. The molecule has 0 bridgehead atoms. The van der Waals surface area contributed by atoms with Crippen molar-refractivity contribution in [3.8, 4) is 0 Å². The highest BCUT2D eigenvalue weighted by atomic mass is 31.1. The van der Waals surface area contributed by atoms with Crippen molar-refractivity contribution >= 4 is 30.1 Å². The van der Waals surface area contributed by atoms with E-state index in [1.807, 2.05) is 24.3 Å². The van der Waals surface area contributed by atoms with Gasteiger partial charge in [-0.1, -0.05) is 19.3 Å². The fourth-order valence-electron chi connectivity index (χ4n) is 2.81. The van der Waals surface area contributed by atoms with E-state index in [1.165, 1.54) is 42.7 Å². The number of nitrogens with two attached hydrogens (primary N) is 2. The summed E-state index contributed by atoms with van der Waals surface area (Å²) in [5.74, 6) is 0. The summed E-state index contributed by atoms with van der Waals surface area (Å²) < 4.78 is 6.53. The van der Waals surface area contributed by atoms with Gasteiger partial charge in [0.2, 0.25) is 0 Å². The molecule has 0 aromatic heterocycles. The molecule has 1 saturated carbocycles. The van der Waals surface area contributed by atoms with Crippen LogP contribution in [0.15, 0.2) is 48.5 Å². The van der Waals surface area contributed by atoms with Crippen LogP contribution in [0.3, 0.4) is 0 Å². The van der Waals surface area contributed by atoms with Gasteiger partial charge in [0.25, 0.3) is 0 Å². The number of hydrogen-bond donors (Lipinski definition) is 2. The average Bonchev–Trinajstić information content (AvgIpc) is 2.56. The summed E-state index contributed by atoms with van der Waals surface area (Å²) in [6.45, 7) is 0.